The molecule has 1 aliphatic heterocycles. The van der Waals surface area contributed by atoms with Gasteiger partial charge in [0.1, 0.15) is 10.5 Å². The van der Waals surface area contributed by atoms with E-state index in [1.807, 2.05) is 0 Å². The molecule has 5 nitrogen and oxygen atoms in total. The Morgan fingerprint density at radius 3 is 2.25 bits per heavy atom. The van der Waals surface area contributed by atoms with Crippen LogP contribution in [-0.4, -0.2) is 68.0 Å². The fourth-order valence-electron chi connectivity index (χ4n) is 2.04. The van der Waals surface area contributed by atoms with Crippen molar-refractivity contribution >= 4 is 56.2 Å². The smallest absolute Gasteiger partial charge is 0.428 e. The second kappa shape index (κ2) is 12.5. The molecule has 0 radical (unpaired) electrons. The number of rotatable bonds is 4. The molecule has 24 heavy (non-hydrogen) atoms. The Balaban J connectivity index is 0.000000470. The minimum atomic E-state index is -1.96. The fraction of sp³-hybridized carbons (Fsp3) is 1.00. The predicted octanol–water partition coefficient (Wildman–Crippen LogP) is 0.839. The number of hydrogen-bond donors (Lipinski definition) is 0. The Kier molecular flexibility index (Phi) is 13.1. The third-order valence-corrected chi connectivity index (χ3v) is 16.6. The van der Waals surface area contributed by atoms with E-state index in [4.69, 9.17) is 21.2 Å². The molecule has 1 rings (SSSR count). The lowest BCUT2D eigenvalue weighted by Gasteiger charge is -2.31. The Labute approximate surface area is 161 Å². The van der Waals surface area contributed by atoms with E-state index in [0.29, 0.717) is 10.5 Å². The summed E-state index contributed by atoms with van der Waals surface area (Å²) < 4.78 is 28.6. The quantitative estimate of drug-likeness (QED) is 0.601. The van der Waals surface area contributed by atoms with Crippen LogP contribution < -0.4 is 0 Å². The molecular formula is C13H40O5Si6. The highest BCUT2D eigenvalue weighted by atomic mass is 28.5. The largest absolute Gasteiger partial charge is 0.453 e. The number of hydrogen-bond acceptors (Lipinski definition) is 5. The second-order valence-corrected chi connectivity index (χ2v) is 22.7. The van der Waals surface area contributed by atoms with Gasteiger partial charge in [-0.25, -0.2) is 0 Å². The standard InChI is InChI=1S/C7H20OSi2.C6H20O4Si4/c1-7(2,9(3)4)8-10(5)6;1-14(2)7-5-3-4-6-12-9-13(8-11)10-14/h9-10H,1-6H3;13H,3-6,12H2,1-2,11H3. The first-order valence-corrected chi connectivity index (χ1v) is 21.4. The fourth-order valence-corrected chi connectivity index (χ4v) is 13.8. The molecule has 146 valence electrons. The first-order valence-electron chi connectivity index (χ1n) is 9.14. The molecule has 1 atom stereocenters. The highest BCUT2D eigenvalue weighted by Crippen LogP contribution is 2.14. The minimum absolute atomic E-state index is 0.223. The van der Waals surface area contributed by atoms with Gasteiger partial charge in [0.2, 0.25) is 0 Å². The maximum atomic E-state index is 5.90. The van der Waals surface area contributed by atoms with Crippen molar-refractivity contribution in [2.45, 2.75) is 77.2 Å². The van der Waals surface area contributed by atoms with Crippen molar-refractivity contribution in [1.82, 2.24) is 0 Å². The molecule has 0 aliphatic carbocycles. The minimum Gasteiger partial charge on any atom is -0.428 e. The van der Waals surface area contributed by atoms with Crippen LogP contribution in [0.4, 0.5) is 0 Å². The molecule has 0 aromatic heterocycles. The van der Waals surface area contributed by atoms with Crippen molar-refractivity contribution in [3.05, 3.63) is 0 Å². The van der Waals surface area contributed by atoms with Crippen molar-refractivity contribution in [3.8, 4) is 0 Å². The normalized spacial score (nSPS) is 24.0. The molecule has 1 aliphatic rings. The van der Waals surface area contributed by atoms with Gasteiger partial charge in [0.05, 0.1) is 8.80 Å². The molecule has 0 amide bonds. The van der Waals surface area contributed by atoms with Crippen LogP contribution in [0.15, 0.2) is 0 Å². The predicted molar refractivity (Wildman–Crippen MR) is 119 cm³/mol. The monoisotopic (exact) mass is 444 g/mol. The van der Waals surface area contributed by atoms with Crippen LogP contribution in [-0.2, 0) is 21.2 Å². The van der Waals surface area contributed by atoms with Crippen LogP contribution >= 0.6 is 0 Å². The van der Waals surface area contributed by atoms with Crippen LogP contribution in [0.1, 0.15) is 26.7 Å². The van der Waals surface area contributed by atoms with E-state index >= 15 is 0 Å². The lowest BCUT2D eigenvalue weighted by molar-refractivity contribution is 0.193. The Morgan fingerprint density at radius 1 is 1.17 bits per heavy atom. The first-order chi connectivity index (χ1) is 11.0. The van der Waals surface area contributed by atoms with Gasteiger partial charge < -0.3 is 21.2 Å². The van der Waals surface area contributed by atoms with Crippen molar-refractivity contribution < 1.29 is 21.2 Å². The third kappa shape index (κ3) is 12.5. The molecule has 1 unspecified atom stereocenters. The maximum absolute atomic E-state index is 5.90. The lowest BCUT2D eigenvalue weighted by Crippen LogP contribution is -2.44. The van der Waals surface area contributed by atoms with Crippen molar-refractivity contribution in [3.63, 3.8) is 0 Å². The van der Waals surface area contributed by atoms with Crippen LogP contribution in [0.5, 0.6) is 0 Å². The molecule has 1 saturated heterocycles. The van der Waals surface area contributed by atoms with Crippen molar-refractivity contribution in [2.24, 2.45) is 0 Å². The molecular weight excluding hydrogens is 405 g/mol. The highest BCUT2D eigenvalue weighted by Gasteiger charge is 2.31. The lowest BCUT2D eigenvalue weighted by atomic mass is 10.4. The summed E-state index contributed by atoms with van der Waals surface area (Å²) >= 11 is 0. The topological polar surface area (TPSA) is 46.2 Å². The summed E-state index contributed by atoms with van der Waals surface area (Å²) in [6, 6.07) is 1.23. The van der Waals surface area contributed by atoms with Crippen molar-refractivity contribution in [2.75, 3.05) is 6.61 Å². The van der Waals surface area contributed by atoms with E-state index in [2.05, 4.69) is 53.1 Å². The summed E-state index contributed by atoms with van der Waals surface area (Å²) in [4.78, 5) is 0. The summed E-state index contributed by atoms with van der Waals surface area (Å²) in [5.74, 6) is 0. The Bertz CT molecular complexity index is 330. The average Bonchev–Trinajstić information content (AvgIpc) is 2.44. The first kappa shape index (κ1) is 25.1. The van der Waals surface area contributed by atoms with Crippen LogP contribution in [0.25, 0.3) is 0 Å². The average molecular weight is 445 g/mol. The van der Waals surface area contributed by atoms with Gasteiger partial charge in [-0.15, -0.1) is 0 Å². The van der Waals surface area contributed by atoms with E-state index in [-0.39, 0.29) is 5.22 Å². The summed E-state index contributed by atoms with van der Waals surface area (Å²) in [6.07, 6.45) is 2.38. The zero-order valence-corrected chi connectivity index (χ0v) is 25.2. The van der Waals surface area contributed by atoms with Gasteiger partial charge in [-0.1, -0.05) is 19.5 Å². The van der Waals surface area contributed by atoms with E-state index in [0.717, 1.165) is 13.0 Å². The van der Waals surface area contributed by atoms with Crippen molar-refractivity contribution in [1.29, 1.82) is 0 Å². The Morgan fingerprint density at radius 2 is 1.79 bits per heavy atom. The second-order valence-electron chi connectivity index (χ2n) is 7.75. The Hall–Kier alpha value is 1.10. The highest BCUT2D eigenvalue weighted by molar-refractivity contribution is 6.72. The van der Waals surface area contributed by atoms with Gasteiger partial charge in [0.15, 0.2) is 18.8 Å². The SMILES string of the molecule is C[SiH](C)OC(C)(C)[SiH](C)C.C[Si]1(C)OCCCC[SiH2]O[SiH](O[SiH3])O1. The molecule has 0 saturated carbocycles. The van der Waals surface area contributed by atoms with Crippen LogP contribution in [0, 0.1) is 0 Å². The molecule has 0 spiro atoms. The molecule has 11 heteroatoms. The summed E-state index contributed by atoms with van der Waals surface area (Å²) in [6.45, 7) is 18.6. The van der Waals surface area contributed by atoms with Crippen LogP contribution in [0.2, 0.25) is 45.3 Å². The van der Waals surface area contributed by atoms with Crippen LogP contribution in [0.3, 0.4) is 0 Å². The summed E-state index contributed by atoms with van der Waals surface area (Å²) in [5.41, 5.74) is 0. The van der Waals surface area contributed by atoms with Gasteiger partial charge in [0.25, 0.3) is 0 Å². The molecule has 1 heterocycles. The third-order valence-electron chi connectivity index (χ3n) is 3.99. The molecule has 0 aromatic rings. The van der Waals surface area contributed by atoms with Gasteiger partial charge in [0, 0.05) is 11.8 Å². The van der Waals surface area contributed by atoms with Gasteiger partial charge >= 0.3 is 18.1 Å². The summed E-state index contributed by atoms with van der Waals surface area (Å²) in [7, 11) is -4.88. The maximum Gasteiger partial charge on any atom is 0.453 e. The zero-order valence-electron chi connectivity index (χ0n) is 17.3. The molecule has 0 N–H and O–H groups in total. The van der Waals surface area contributed by atoms with E-state index in [9.17, 15) is 0 Å². The molecule has 1 fully saturated rings. The van der Waals surface area contributed by atoms with Gasteiger partial charge in [-0.2, -0.15) is 0 Å². The van der Waals surface area contributed by atoms with E-state index in [1.165, 1.54) is 12.5 Å². The summed E-state index contributed by atoms with van der Waals surface area (Å²) in [5, 5.41) is 0.223. The molecule has 0 bridgehead atoms. The van der Waals surface area contributed by atoms with E-state index in [1.54, 1.807) is 0 Å². The van der Waals surface area contributed by atoms with E-state index < -0.39 is 45.7 Å². The van der Waals surface area contributed by atoms with Gasteiger partial charge in [-0.3, -0.25) is 0 Å². The molecule has 0 aromatic carbocycles. The zero-order chi connectivity index (χ0) is 18.8. The van der Waals surface area contributed by atoms with Gasteiger partial charge in [-0.05, 0) is 52.5 Å².